The highest BCUT2D eigenvalue weighted by atomic mass is 16.6. The lowest BCUT2D eigenvalue weighted by Gasteiger charge is -2.25. The van der Waals surface area contributed by atoms with Crippen LogP contribution in [0.3, 0.4) is 0 Å². The summed E-state index contributed by atoms with van der Waals surface area (Å²) < 4.78 is 23.2. The van der Waals surface area contributed by atoms with E-state index in [1.165, 1.54) is 20.6 Å². The topological polar surface area (TPSA) is 189 Å². The van der Waals surface area contributed by atoms with Gasteiger partial charge in [0.15, 0.2) is 13.2 Å². The summed E-state index contributed by atoms with van der Waals surface area (Å²) in [4.78, 5) is 58.5. The molecule has 0 bridgehead atoms. The van der Waals surface area contributed by atoms with Gasteiger partial charge in [0.2, 0.25) is 0 Å². The van der Waals surface area contributed by atoms with Crippen LogP contribution in [-0.4, -0.2) is 84.9 Å². The lowest BCUT2D eigenvalue weighted by atomic mass is 9.94. The van der Waals surface area contributed by atoms with Crippen LogP contribution in [0.15, 0.2) is 66.9 Å². The molecule has 2 heterocycles. The van der Waals surface area contributed by atoms with Gasteiger partial charge in [0.1, 0.15) is 23.4 Å². The normalized spacial score (nSPS) is 13.7. The Morgan fingerprint density at radius 3 is 2.42 bits per heavy atom. The van der Waals surface area contributed by atoms with Gasteiger partial charge in [-0.1, -0.05) is 19.3 Å². The van der Waals surface area contributed by atoms with Crippen LogP contribution >= 0.6 is 0 Å². The van der Waals surface area contributed by atoms with Crippen molar-refractivity contribution in [3.05, 3.63) is 78.0 Å². The predicted molar refractivity (Wildman–Crippen MR) is 198 cm³/mol. The molecule has 0 radical (unpaired) electrons. The number of aromatic amines is 1. The van der Waals surface area contributed by atoms with Crippen LogP contribution in [0.1, 0.15) is 54.1 Å². The number of carbonyl (C=O) groups excluding carboxylic acids is 4. The zero-order chi connectivity index (χ0) is 37.3. The van der Waals surface area contributed by atoms with Crippen LogP contribution in [0.4, 0.5) is 0 Å². The van der Waals surface area contributed by atoms with Crippen LogP contribution in [0.2, 0.25) is 0 Å². The van der Waals surface area contributed by atoms with Crippen LogP contribution in [0.5, 0.6) is 11.5 Å². The fraction of sp³-hybridized carbons (Fsp3) is 0.359. The number of aromatic nitrogens is 3. The van der Waals surface area contributed by atoms with E-state index in [1.54, 1.807) is 36.5 Å². The second-order valence-corrected chi connectivity index (χ2v) is 12.9. The van der Waals surface area contributed by atoms with Crippen molar-refractivity contribution < 1.29 is 38.1 Å². The van der Waals surface area contributed by atoms with Gasteiger partial charge < -0.3 is 44.9 Å². The van der Waals surface area contributed by atoms with E-state index in [1.807, 2.05) is 30.3 Å². The van der Waals surface area contributed by atoms with E-state index in [4.69, 9.17) is 24.9 Å². The third-order valence-corrected chi connectivity index (χ3v) is 9.38. The first kappa shape index (κ1) is 36.9. The molecule has 0 spiro atoms. The molecular weight excluding hydrogens is 680 g/mol. The lowest BCUT2D eigenvalue weighted by molar-refractivity contribution is -0.143. The van der Waals surface area contributed by atoms with E-state index in [-0.39, 0.29) is 31.6 Å². The number of nitrogens with zero attached hydrogens (tertiary/aromatic N) is 2. The molecule has 5 N–H and O–H groups in total. The highest BCUT2D eigenvalue weighted by molar-refractivity contribution is 6.00. The number of nitrogens with two attached hydrogens (primary N) is 1. The molecule has 1 aliphatic rings. The molecule has 14 heteroatoms. The van der Waals surface area contributed by atoms with Gasteiger partial charge in [-0.25, -0.2) is 14.6 Å². The molecule has 2 amide bonds. The van der Waals surface area contributed by atoms with Gasteiger partial charge in [-0.05, 0) is 79.1 Å². The van der Waals surface area contributed by atoms with E-state index in [2.05, 4.69) is 24.9 Å². The van der Waals surface area contributed by atoms with Gasteiger partial charge in [-0.3, -0.25) is 9.59 Å². The summed E-state index contributed by atoms with van der Waals surface area (Å²) in [6, 6.07) is 17.4. The Hall–Kier alpha value is -5.89. The van der Waals surface area contributed by atoms with Crippen molar-refractivity contribution in [3.63, 3.8) is 0 Å². The molecule has 1 aliphatic carbocycles. The van der Waals surface area contributed by atoms with Crippen molar-refractivity contribution in [3.8, 4) is 22.9 Å². The average Bonchev–Trinajstić information content (AvgIpc) is 3.78. The fourth-order valence-electron chi connectivity index (χ4n) is 6.68. The molecule has 14 nitrogen and oxygen atoms in total. The number of amides is 2. The maximum absolute atomic E-state index is 13.7. The Labute approximate surface area is 306 Å². The third kappa shape index (κ3) is 8.78. The van der Waals surface area contributed by atoms with Crippen molar-refractivity contribution in [1.82, 2.24) is 25.2 Å². The summed E-state index contributed by atoms with van der Waals surface area (Å²) in [6.45, 7) is 0.385. The number of H-pyrrole nitrogens is 1. The van der Waals surface area contributed by atoms with Gasteiger partial charge in [0.05, 0.1) is 25.3 Å². The van der Waals surface area contributed by atoms with Gasteiger partial charge >= 0.3 is 11.9 Å². The smallest absolute Gasteiger partial charge is 0.343 e. The zero-order valence-electron chi connectivity index (χ0n) is 29.8. The van der Waals surface area contributed by atoms with Gasteiger partial charge in [0.25, 0.3) is 11.8 Å². The number of nitrogens with one attached hydrogen (secondary N) is 3. The number of imidazole rings is 1. The van der Waals surface area contributed by atoms with Crippen LogP contribution in [0, 0.1) is 0 Å². The number of benzene rings is 3. The summed E-state index contributed by atoms with van der Waals surface area (Å²) in [5.74, 6) is -0.0172. The summed E-state index contributed by atoms with van der Waals surface area (Å²) in [7, 11) is 2.56. The summed E-state index contributed by atoms with van der Waals surface area (Å²) >= 11 is 0. The number of fused-ring (bicyclic) bond motifs is 2. The SMILES string of the molecule is COC(=O)COc1ccc2[nH]cc(C[C@H](NC(=O)c3ccc4c(c3)nc(-c3ccc(OCC(=O)NCCN)cc3)n4C3CCCCC3)C(=O)OC)c2c1. The van der Waals surface area contributed by atoms with Crippen molar-refractivity contribution in [2.24, 2.45) is 5.73 Å². The maximum atomic E-state index is 13.7. The average molecular weight is 725 g/mol. The number of hydrogen-bond donors (Lipinski definition) is 4. The number of ether oxygens (including phenoxy) is 4. The monoisotopic (exact) mass is 724 g/mol. The van der Waals surface area contributed by atoms with Gasteiger partial charge in [0, 0.05) is 53.8 Å². The molecule has 1 saturated carbocycles. The highest BCUT2D eigenvalue weighted by Gasteiger charge is 2.26. The quantitative estimate of drug-likeness (QED) is 0.114. The zero-order valence-corrected chi connectivity index (χ0v) is 29.8. The van der Waals surface area contributed by atoms with Crippen LogP contribution in [-0.2, 0) is 30.3 Å². The van der Waals surface area contributed by atoms with Crippen LogP contribution < -0.4 is 25.8 Å². The first-order chi connectivity index (χ1) is 25.8. The Bertz CT molecular complexity index is 2080. The minimum absolute atomic E-state index is 0.113. The van der Waals surface area contributed by atoms with E-state index in [0.29, 0.717) is 35.7 Å². The second-order valence-electron chi connectivity index (χ2n) is 12.9. The number of methoxy groups -OCH3 is 2. The largest absolute Gasteiger partial charge is 0.484 e. The molecule has 0 saturated heterocycles. The molecule has 1 atom stereocenters. The second kappa shape index (κ2) is 17.1. The van der Waals surface area contributed by atoms with Crippen molar-refractivity contribution >= 4 is 45.7 Å². The fourth-order valence-corrected chi connectivity index (χ4v) is 6.68. The number of hydrogen-bond acceptors (Lipinski definition) is 10. The molecule has 0 unspecified atom stereocenters. The standard InChI is InChI=1S/C39H44N6O8/c1-50-36(47)23-53-29-13-14-31-30(20-29)26(21-42-31)19-33(39(49)51-2)44-38(48)25-10-15-34-32(18-25)43-37(45(34)27-6-4-3-5-7-27)24-8-11-28(12-9-24)52-22-35(46)41-17-16-40/h8-15,18,20-21,27,33,42H,3-7,16-17,19,22-23,40H2,1-2H3,(H,41,46)(H,44,48)/t33-/m0/s1. The minimum atomic E-state index is -0.996. The van der Waals surface area contributed by atoms with Crippen molar-refractivity contribution in [2.45, 2.75) is 50.6 Å². The molecule has 1 fully saturated rings. The third-order valence-electron chi connectivity index (χ3n) is 9.38. The summed E-state index contributed by atoms with van der Waals surface area (Å²) in [5.41, 5.74) is 9.78. The van der Waals surface area contributed by atoms with E-state index >= 15 is 0 Å². The molecule has 278 valence electrons. The molecule has 2 aromatic heterocycles. The van der Waals surface area contributed by atoms with Gasteiger partial charge in [-0.2, -0.15) is 0 Å². The number of carbonyl (C=O) groups is 4. The first-order valence-corrected chi connectivity index (χ1v) is 17.7. The Balaban J connectivity index is 1.23. The van der Waals surface area contributed by atoms with Crippen molar-refractivity contribution in [1.29, 1.82) is 0 Å². The number of rotatable bonds is 15. The van der Waals surface area contributed by atoms with Crippen LogP contribution in [0.25, 0.3) is 33.3 Å². The van der Waals surface area contributed by atoms with E-state index in [9.17, 15) is 19.2 Å². The molecule has 6 rings (SSSR count). The minimum Gasteiger partial charge on any atom is -0.484 e. The molecule has 53 heavy (non-hydrogen) atoms. The van der Waals surface area contributed by atoms with Gasteiger partial charge in [-0.15, -0.1) is 0 Å². The van der Waals surface area contributed by atoms with E-state index < -0.39 is 23.9 Å². The maximum Gasteiger partial charge on any atom is 0.343 e. The molecule has 3 aromatic carbocycles. The Morgan fingerprint density at radius 2 is 1.68 bits per heavy atom. The molecule has 5 aromatic rings. The molecule has 0 aliphatic heterocycles. The molecular formula is C39H44N6O8. The summed E-state index contributed by atoms with van der Waals surface area (Å²) in [6.07, 6.45) is 7.38. The first-order valence-electron chi connectivity index (χ1n) is 17.7. The predicted octanol–water partition coefficient (Wildman–Crippen LogP) is 4.21. The Kier molecular flexibility index (Phi) is 11.9. The van der Waals surface area contributed by atoms with E-state index in [0.717, 1.165) is 59.1 Å². The highest BCUT2D eigenvalue weighted by Crippen LogP contribution is 2.36. The number of esters is 2. The lowest BCUT2D eigenvalue weighted by Crippen LogP contribution is -2.43. The van der Waals surface area contributed by atoms with Crippen molar-refractivity contribution in [2.75, 3.05) is 40.5 Å². The Morgan fingerprint density at radius 1 is 0.925 bits per heavy atom. The summed E-state index contributed by atoms with van der Waals surface area (Å²) in [5, 5.41) is 6.32.